The lowest BCUT2D eigenvalue weighted by molar-refractivity contribution is -0.0180. The Balaban J connectivity index is 0.00000450. The first-order chi connectivity index (χ1) is 13.8. The van der Waals surface area contributed by atoms with E-state index in [1.807, 2.05) is 38.9 Å². The number of nitrogens with one attached hydrogen (secondary N) is 2. The Morgan fingerprint density at radius 1 is 1.33 bits per heavy atom. The molecule has 2 atom stereocenters. The molecule has 2 unspecified atom stereocenters. The van der Waals surface area contributed by atoms with E-state index in [1.165, 1.54) is 6.07 Å². The fourth-order valence-corrected chi connectivity index (χ4v) is 3.39. The van der Waals surface area contributed by atoms with Crippen LogP contribution in [-0.2, 0) is 4.74 Å². The first kappa shape index (κ1) is 27.0. The Morgan fingerprint density at radius 3 is 2.63 bits per heavy atom. The van der Waals surface area contributed by atoms with Gasteiger partial charge in [0.15, 0.2) is 5.96 Å². The second kappa shape index (κ2) is 13.4. The van der Waals surface area contributed by atoms with Gasteiger partial charge in [-0.1, -0.05) is 12.1 Å². The number of hydrogen-bond donors (Lipinski definition) is 3. The van der Waals surface area contributed by atoms with Crippen molar-refractivity contribution in [2.75, 3.05) is 66.6 Å². The number of guanidine groups is 1. The molecule has 1 saturated heterocycles. The van der Waals surface area contributed by atoms with Crippen molar-refractivity contribution in [3.63, 3.8) is 0 Å². The number of nitrogens with zero attached hydrogens (tertiary/aromatic N) is 3. The number of ether oxygens (including phenoxy) is 1. The number of morpholine rings is 1. The molecule has 0 radical (unpaired) electrons. The Morgan fingerprint density at radius 2 is 2.03 bits per heavy atom. The fraction of sp³-hybridized carbons (Fsp3) is 0.667. The van der Waals surface area contributed by atoms with Gasteiger partial charge < -0.3 is 25.4 Å². The lowest BCUT2D eigenvalue weighted by Crippen LogP contribution is -2.48. The highest BCUT2D eigenvalue weighted by molar-refractivity contribution is 14.0. The third-order valence-electron chi connectivity index (χ3n) is 4.91. The number of aliphatic hydroxyl groups is 1. The molecule has 3 N–H and O–H groups in total. The van der Waals surface area contributed by atoms with Crippen LogP contribution in [0.5, 0.6) is 0 Å². The first-order valence-electron chi connectivity index (χ1n) is 10.3. The highest BCUT2D eigenvalue weighted by atomic mass is 127. The summed E-state index contributed by atoms with van der Waals surface area (Å²) in [5.74, 6) is 0.395. The van der Waals surface area contributed by atoms with Gasteiger partial charge in [0.1, 0.15) is 5.82 Å². The van der Waals surface area contributed by atoms with Gasteiger partial charge in [0.25, 0.3) is 0 Å². The zero-order chi connectivity index (χ0) is 21.3. The summed E-state index contributed by atoms with van der Waals surface area (Å²) in [5.41, 5.74) is -0.0268. The molecule has 1 aliphatic heterocycles. The van der Waals surface area contributed by atoms with E-state index in [0.717, 1.165) is 18.7 Å². The molecule has 172 valence electrons. The minimum absolute atomic E-state index is 0. The highest BCUT2D eigenvalue weighted by Gasteiger charge is 2.25. The van der Waals surface area contributed by atoms with Crippen LogP contribution in [0.2, 0.25) is 0 Å². The molecule has 0 amide bonds. The molecule has 0 bridgehead atoms. The van der Waals surface area contributed by atoms with Crippen molar-refractivity contribution in [2.45, 2.75) is 25.5 Å². The van der Waals surface area contributed by atoms with Gasteiger partial charge >= 0.3 is 0 Å². The maximum Gasteiger partial charge on any atom is 0.191 e. The Bertz CT molecular complexity index is 654. The first-order valence-corrected chi connectivity index (χ1v) is 10.3. The van der Waals surface area contributed by atoms with Gasteiger partial charge in [-0.15, -0.1) is 24.0 Å². The molecular formula is C21H37FIN5O2. The number of hydrogen-bond acceptors (Lipinski definition) is 5. The second-order valence-corrected chi connectivity index (χ2v) is 8.00. The molecule has 2 rings (SSSR count). The molecule has 0 aromatic heterocycles. The quantitative estimate of drug-likeness (QED) is 0.253. The zero-order valence-corrected chi connectivity index (χ0v) is 20.9. The van der Waals surface area contributed by atoms with Crippen LogP contribution in [0, 0.1) is 5.82 Å². The van der Waals surface area contributed by atoms with Crippen LogP contribution < -0.4 is 10.6 Å². The highest BCUT2D eigenvalue weighted by Crippen LogP contribution is 2.18. The van der Waals surface area contributed by atoms with Crippen molar-refractivity contribution in [2.24, 2.45) is 4.99 Å². The number of benzene rings is 1. The molecule has 1 aromatic carbocycles. The normalized spacial score (nSPS) is 18.4. The van der Waals surface area contributed by atoms with Crippen molar-refractivity contribution in [3.05, 3.63) is 35.6 Å². The predicted molar refractivity (Wildman–Crippen MR) is 130 cm³/mol. The van der Waals surface area contributed by atoms with E-state index in [0.29, 0.717) is 38.8 Å². The van der Waals surface area contributed by atoms with Crippen LogP contribution in [-0.4, -0.2) is 93.0 Å². The van der Waals surface area contributed by atoms with Gasteiger partial charge in [-0.2, -0.15) is 0 Å². The monoisotopic (exact) mass is 537 g/mol. The molecule has 0 saturated carbocycles. The van der Waals surface area contributed by atoms with Gasteiger partial charge in [-0.25, -0.2) is 4.39 Å². The van der Waals surface area contributed by atoms with E-state index < -0.39 is 5.60 Å². The van der Waals surface area contributed by atoms with Crippen molar-refractivity contribution < 1.29 is 14.2 Å². The van der Waals surface area contributed by atoms with Crippen molar-refractivity contribution in [3.8, 4) is 0 Å². The Kier molecular flexibility index (Phi) is 12.1. The molecule has 0 aliphatic carbocycles. The van der Waals surface area contributed by atoms with Crippen LogP contribution in [0.4, 0.5) is 4.39 Å². The van der Waals surface area contributed by atoms with Crippen LogP contribution in [0.25, 0.3) is 0 Å². The maximum atomic E-state index is 13.6. The molecule has 0 spiro atoms. The van der Waals surface area contributed by atoms with Gasteiger partial charge in [-0.3, -0.25) is 9.89 Å². The maximum absolute atomic E-state index is 13.6. The summed E-state index contributed by atoms with van der Waals surface area (Å²) in [6.45, 7) is 8.99. The largest absolute Gasteiger partial charge is 0.387 e. The Hall–Kier alpha value is -1.01. The lowest BCUT2D eigenvalue weighted by Gasteiger charge is -2.33. The number of rotatable bonds is 9. The molecule has 1 fully saturated rings. The number of β-amino-alcohol motifs (C(OH)–C–C–N with tert-alkyl or cyclic N) is 1. The molecule has 1 aromatic rings. The van der Waals surface area contributed by atoms with E-state index in [-0.39, 0.29) is 42.4 Å². The number of aliphatic imine (C=N–C) groups is 1. The molecule has 1 heterocycles. The predicted octanol–water partition coefficient (Wildman–Crippen LogP) is 1.68. The standard InChI is InChI=1S/C21H36FN5O2.HI/c1-5-23-20(25-15-21(2,28)16-27-9-11-29-12-10-27)24-14-19(26(3)4)17-7-6-8-18(22)13-17;/h6-8,13,19,28H,5,9-12,14-16H2,1-4H3,(H2,23,24,25);1H. The minimum Gasteiger partial charge on any atom is -0.387 e. The summed E-state index contributed by atoms with van der Waals surface area (Å²) in [4.78, 5) is 8.83. The number of likely N-dealkylation sites (N-methyl/N-ethyl adjacent to an activating group) is 1. The van der Waals surface area contributed by atoms with E-state index in [2.05, 4.69) is 20.5 Å². The summed E-state index contributed by atoms with van der Waals surface area (Å²) in [6, 6.07) is 6.65. The summed E-state index contributed by atoms with van der Waals surface area (Å²) in [7, 11) is 3.93. The number of halogens is 2. The van der Waals surface area contributed by atoms with E-state index >= 15 is 0 Å². The fourth-order valence-electron chi connectivity index (χ4n) is 3.39. The van der Waals surface area contributed by atoms with Crippen LogP contribution >= 0.6 is 24.0 Å². The van der Waals surface area contributed by atoms with Crippen molar-refractivity contribution >= 4 is 29.9 Å². The molecule has 1 aliphatic rings. The smallest absolute Gasteiger partial charge is 0.191 e. The SMILES string of the molecule is CCNC(=NCC(C)(O)CN1CCOCC1)NCC(c1cccc(F)c1)N(C)C.I. The van der Waals surface area contributed by atoms with Gasteiger partial charge in [0.05, 0.1) is 31.4 Å². The molecule has 7 nitrogen and oxygen atoms in total. The van der Waals surface area contributed by atoms with E-state index in [1.54, 1.807) is 12.1 Å². The minimum atomic E-state index is -0.927. The summed E-state index contributed by atoms with van der Waals surface area (Å²) < 4.78 is 19.0. The topological polar surface area (TPSA) is 72.4 Å². The zero-order valence-electron chi connectivity index (χ0n) is 18.5. The molecular weight excluding hydrogens is 500 g/mol. The lowest BCUT2D eigenvalue weighted by atomic mass is 10.1. The van der Waals surface area contributed by atoms with E-state index in [4.69, 9.17) is 4.74 Å². The second-order valence-electron chi connectivity index (χ2n) is 8.00. The molecule has 30 heavy (non-hydrogen) atoms. The third kappa shape index (κ3) is 9.42. The van der Waals surface area contributed by atoms with Crippen LogP contribution in [0.3, 0.4) is 0 Å². The van der Waals surface area contributed by atoms with Crippen LogP contribution in [0.1, 0.15) is 25.5 Å². The van der Waals surface area contributed by atoms with Crippen LogP contribution in [0.15, 0.2) is 29.3 Å². The third-order valence-corrected chi connectivity index (χ3v) is 4.91. The summed E-state index contributed by atoms with van der Waals surface area (Å²) in [6.07, 6.45) is 0. The summed E-state index contributed by atoms with van der Waals surface area (Å²) >= 11 is 0. The summed E-state index contributed by atoms with van der Waals surface area (Å²) in [5, 5.41) is 17.3. The van der Waals surface area contributed by atoms with Gasteiger partial charge in [0, 0.05) is 32.7 Å². The van der Waals surface area contributed by atoms with Crippen molar-refractivity contribution in [1.82, 2.24) is 20.4 Å². The van der Waals surface area contributed by atoms with Gasteiger partial charge in [0.2, 0.25) is 0 Å². The van der Waals surface area contributed by atoms with Crippen molar-refractivity contribution in [1.29, 1.82) is 0 Å². The Labute approximate surface area is 197 Å². The van der Waals surface area contributed by atoms with E-state index in [9.17, 15) is 9.50 Å². The van der Waals surface area contributed by atoms with Gasteiger partial charge in [-0.05, 0) is 45.6 Å². The average molecular weight is 537 g/mol. The average Bonchev–Trinajstić information content (AvgIpc) is 2.66. The molecule has 9 heteroatoms.